The molecule has 2 atom stereocenters. The number of aliphatic hydroxyl groups excluding tert-OH is 1. The molecule has 0 radical (unpaired) electrons. The lowest BCUT2D eigenvalue weighted by Crippen LogP contribution is -2.27. The van der Waals surface area contributed by atoms with Crippen molar-refractivity contribution in [3.63, 3.8) is 0 Å². The summed E-state index contributed by atoms with van der Waals surface area (Å²) in [4.78, 5) is 0. The highest BCUT2D eigenvalue weighted by atomic mass is 35.5. The molecule has 0 aliphatic rings. The Morgan fingerprint density at radius 1 is 1.29 bits per heavy atom. The van der Waals surface area contributed by atoms with Crippen LogP contribution >= 0.6 is 11.6 Å². The van der Waals surface area contributed by atoms with Crippen LogP contribution in [0.3, 0.4) is 0 Å². The summed E-state index contributed by atoms with van der Waals surface area (Å²) in [5, 5.41) is 10.8. The minimum atomic E-state index is -0.489. The zero-order valence-corrected chi connectivity index (χ0v) is 11.5. The number of hydrogen-bond acceptors (Lipinski definition) is 2. The molecule has 0 spiro atoms. The summed E-state index contributed by atoms with van der Waals surface area (Å²) in [6.45, 7) is 6.26. The van der Waals surface area contributed by atoms with E-state index < -0.39 is 6.10 Å². The van der Waals surface area contributed by atoms with E-state index in [-0.39, 0.29) is 6.04 Å². The van der Waals surface area contributed by atoms with E-state index in [1.54, 1.807) is 0 Å². The fourth-order valence-electron chi connectivity index (χ4n) is 1.90. The van der Waals surface area contributed by atoms with Gasteiger partial charge in [0.2, 0.25) is 0 Å². The molecular weight excluding hydrogens is 234 g/mol. The first-order valence-corrected chi connectivity index (χ1v) is 6.49. The highest BCUT2D eigenvalue weighted by Gasteiger charge is 2.18. The molecule has 3 heteroatoms. The van der Waals surface area contributed by atoms with Crippen LogP contribution in [0.1, 0.15) is 43.9 Å². The first-order chi connectivity index (χ1) is 7.91. The van der Waals surface area contributed by atoms with E-state index in [0.29, 0.717) is 10.9 Å². The molecule has 17 heavy (non-hydrogen) atoms. The maximum Gasteiger partial charge on any atom is 0.0733 e. The van der Waals surface area contributed by atoms with Crippen molar-refractivity contribution in [3.05, 3.63) is 34.3 Å². The van der Waals surface area contributed by atoms with Crippen LogP contribution in [-0.2, 0) is 0 Å². The largest absolute Gasteiger partial charge is 0.391 e. The quantitative estimate of drug-likeness (QED) is 0.847. The van der Waals surface area contributed by atoms with Crippen molar-refractivity contribution in [2.45, 2.75) is 45.8 Å². The van der Waals surface area contributed by atoms with Gasteiger partial charge in [-0.1, -0.05) is 31.5 Å². The predicted molar refractivity (Wildman–Crippen MR) is 73.2 cm³/mol. The van der Waals surface area contributed by atoms with Crippen LogP contribution in [0.5, 0.6) is 0 Å². The number of aryl methyl sites for hydroxylation is 1. The molecule has 0 saturated heterocycles. The van der Waals surface area contributed by atoms with Crippen LogP contribution in [-0.4, -0.2) is 11.2 Å². The van der Waals surface area contributed by atoms with Gasteiger partial charge in [-0.2, -0.15) is 0 Å². The molecule has 0 aromatic heterocycles. The van der Waals surface area contributed by atoms with Gasteiger partial charge in [0.1, 0.15) is 0 Å². The Hall–Kier alpha value is -0.570. The van der Waals surface area contributed by atoms with E-state index >= 15 is 0 Å². The topological polar surface area (TPSA) is 46.2 Å². The Morgan fingerprint density at radius 3 is 2.47 bits per heavy atom. The zero-order chi connectivity index (χ0) is 13.0. The van der Waals surface area contributed by atoms with Crippen molar-refractivity contribution in [2.75, 3.05) is 0 Å². The summed E-state index contributed by atoms with van der Waals surface area (Å²) < 4.78 is 0. The van der Waals surface area contributed by atoms with Gasteiger partial charge in [0.15, 0.2) is 0 Å². The number of halogens is 1. The molecule has 3 N–H and O–H groups in total. The van der Waals surface area contributed by atoms with Crippen LogP contribution in [0.4, 0.5) is 0 Å². The summed E-state index contributed by atoms with van der Waals surface area (Å²) in [6.07, 6.45) is 1.24. The van der Waals surface area contributed by atoms with Crippen LogP contribution in [0.15, 0.2) is 18.2 Å². The lowest BCUT2D eigenvalue weighted by Gasteiger charge is -2.21. The van der Waals surface area contributed by atoms with Crippen LogP contribution in [0.25, 0.3) is 0 Å². The molecular formula is C14H22ClNO. The molecule has 0 aliphatic carbocycles. The highest BCUT2D eigenvalue weighted by molar-refractivity contribution is 6.30. The molecule has 0 amide bonds. The second-order valence-corrected chi connectivity index (χ2v) is 5.50. The molecule has 0 heterocycles. The number of aliphatic hydroxyl groups is 1. The Morgan fingerprint density at radius 2 is 1.94 bits per heavy atom. The molecule has 96 valence electrons. The van der Waals surface area contributed by atoms with Crippen molar-refractivity contribution in [2.24, 2.45) is 11.7 Å². The number of benzene rings is 1. The molecule has 0 aliphatic heterocycles. The van der Waals surface area contributed by atoms with Gasteiger partial charge >= 0.3 is 0 Å². The summed E-state index contributed by atoms with van der Waals surface area (Å²) in [5.41, 5.74) is 8.10. The van der Waals surface area contributed by atoms with Crippen molar-refractivity contribution in [1.82, 2.24) is 0 Å². The van der Waals surface area contributed by atoms with Gasteiger partial charge in [-0.05, 0) is 48.9 Å². The molecule has 1 aromatic carbocycles. The fourth-order valence-corrected chi connectivity index (χ4v) is 2.13. The van der Waals surface area contributed by atoms with E-state index in [1.165, 1.54) is 0 Å². The van der Waals surface area contributed by atoms with Gasteiger partial charge in [0.25, 0.3) is 0 Å². The third-order valence-electron chi connectivity index (χ3n) is 3.05. The minimum Gasteiger partial charge on any atom is -0.391 e. The summed E-state index contributed by atoms with van der Waals surface area (Å²) >= 11 is 5.90. The van der Waals surface area contributed by atoms with Crippen LogP contribution in [0.2, 0.25) is 5.02 Å². The van der Waals surface area contributed by atoms with E-state index in [4.69, 9.17) is 17.3 Å². The van der Waals surface area contributed by atoms with E-state index in [2.05, 4.69) is 13.8 Å². The maximum absolute atomic E-state index is 10.1. The smallest absolute Gasteiger partial charge is 0.0733 e. The van der Waals surface area contributed by atoms with Crippen molar-refractivity contribution in [3.8, 4) is 0 Å². The lowest BCUT2D eigenvalue weighted by molar-refractivity contribution is 0.128. The fraction of sp³-hybridized carbons (Fsp3) is 0.571. The van der Waals surface area contributed by atoms with Crippen molar-refractivity contribution < 1.29 is 5.11 Å². The predicted octanol–water partition coefficient (Wildman–Crippen LogP) is 3.45. The average Bonchev–Trinajstić information content (AvgIpc) is 2.25. The molecule has 1 aromatic rings. The SMILES string of the molecule is Cc1cc(Cl)ccc1[C@@H](N)[C@@H](O)CCC(C)C. The lowest BCUT2D eigenvalue weighted by atomic mass is 9.93. The normalized spacial score (nSPS) is 15.0. The van der Waals surface area contributed by atoms with Crippen molar-refractivity contribution in [1.29, 1.82) is 0 Å². The molecule has 1 rings (SSSR count). The third kappa shape index (κ3) is 4.30. The van der Waals surface area contributed by atoms with E-state index in [1.807, 2.05) is 25.1 Å². The second-order valence-electron chi connectivity index (χ2n) is 5.07. The molecule has 2 nitrogen and oxygen atoms in total. The van der Waals surface area contributed by atoms with Crippen LogP contribution < -0.4 is 5.73 Å². The highest BCUT2D eigenvalue weighted by Crippen LogP contribution is 2.24. The van der Waals surface area contributed by atoms with E-state index in [9.17, 15) is 5.11 Å². The van der Waals surface area contributed by atoms with Gasteiger partial charge < -0.3 is 10.8 Å². The Labute approximate surface area is 109 Å². The monoisotopic (exact) mass is 255 g/mol. The molecule has 0 unspecified atom stereocenters. The number of hydrogen-bond donors (Lipinski definition) is 2. The minimum absolute atomic E-state index is 0.328. The number of nitrogens with two attached hydrogens (primary N) is 1. The third-order valence-corrected chi connectivity index (χ3v) is 3.28. The maximum atomic E-state index is 10.1. The first kappa shape index (κ1) is 14.5. The molecule has 0 fully saturated rings. The first-order valence-electron chi connectivity index (χ1n) is 6.11. The summed E-state index contributed by atoms with van der Waals surface area (Å²) in [6, 6.07) is 5.28. The number of rotatable bonds is 5. The standard InChI is InChI=1S/C14H22ClNO/c1-9(2)4-7-13(17)14(16)12-6-5-11(15)8-10(12)3/h5-6,8-9,13-14,17H,4,7,16H2,1-3H3/t13-,14+/m0/s1. The van der Waals surface area contributed by atoms with E-state index in [0.717, 1.165) is 24.0 Å². The van der Waals surface area contributed by atoms with Gasteiger partial charge in [-0.25, -0.2) is 0 Å². The van der Waals surface area contributed by atoms with Gasteiger partial charge in [-0.3, -0.25) is 0 Å². The molecule has 0 bridgehead atoms. The summed E-state index contributed by atoms with van der Waals surface area (Å²) in [7, 11) is 0. The molecule has 0 saturated carbocycles. The van der Waals surface area contributed by atoms with Gasteiger partial charge in [0, 0.05) is 5.02 Å². The van der Waals surface area contributed by atoms with Crippen molar-refractivity contribution >= 4 is 11.6 Å². The zero-order valence-electron chi connectivity index (χ0n) is 10.8. The van der Waals surface area contributed by atoms with Gasteiger partial charge in [-0.15, -0.1) is 0 Å². The van der Waals surface area contributed by atoms with Crippen LogP contribution in [0, 0.1) is 12.8 Å². The Kier molecular flexibility index (Phi) is 5.44. The average molecular weight is 256 g/mol. The Balaban J connectivity index is 2.71. The second kappa shape index (κ2) is 6.39. The summed E-state index contributed by atoms with van der Waals surface area (Å²) in [5.74, 6) is 0.586. The Bertz CT molecular complexity index is 365. The van der Waals surface area contributed by atoms with Gasteiger partial charge in [0.05, 0.1) is 12.1 Å².